The Kier molecular flexibility index (Phi) is 4.63. The van der Waals surface area contributed by atoms with Crippen molar-refractivity contribution in [2.45, 2.75) is 25.7 Å². The molecule has 0 aliphatic rings. The van der Waals surface area contributed by atoms with Crippen LogP contribution in [0, 0.1) is 0 Å². The fourth-order valence-electron chi connectivity index (χ4n) is 2.38. The molecule has 2 aromatic rings. The number of benzene rings is 1. The fourth-order valence-corrected chi connectivity index (χ4v) is 2.38. The molecule has 1 atom stereocenters. The van der Waals surface area contributed by atoms with Crippen LogP contribution in [0.15, 0.2) is 41.0 Å². The molecule has 19 heavy (non-hydrogen) atoms. The first kappa shape index (κ1) is 13.7. The van der Waals surface area contributed by atoms with Crippen LogP contribution in [0.4, 0.5) is 0 Å². The van der Waals surface area contributed by atoms with Gasteiger partial charge in [0.1, 0.15) is 11.5 Å². The Labute approximate surface area is 114 Å². The zero-order valence-corrected chi connectivity index (χ0v) is 11.6. The van der Waals surface area contributed by atoms with Gasteiger partial charge in [-0.15, -0.1) is 0 Å². The first-order valence-electron chi connectivity index (χ1n) is 6.70. The van der Waals surface area contributed by atoms with Crippen molar-refractivity contribution >= 4 is 0 Å². The van der Waals surface area contributed by atoms with E-state index in [9.17, 15) is 0 Å². The predicted molar refractivity (Wildman–Crippen MR) is 76.6 cm³/mol. The second kappa shape index (κ2) is 6.43. The smallest absolute Gasteiger partial charge is 0.122 e. The standard InChI is InChI=1S/C16H21NO2/c1-3-12-6-7-15(18-2)14(11-12)13(8-9-17)16-5-4-10-19-16/h4-7,10-11,13H,3,8-9,17H2,1-2H3. The Morgan fingerprint density at radius 1 is 1.32 bits per heavy atom. The van der Waals surface area contributed by atoms with Crippen molar-refractivity contribution in [1.82, 2.24) is 0 Å². The van der Waals surface area contributed by atoms with Crippen molar-refractivity contribution in [1.29, 1.82) is 0 Å². The summed E-state index contributed by atoms with van der Waals surface area (Å²) in [6.07, 6.45) is 3.55. The van der Waals surface area contributed by atoms with Gasteiger partial charge < -0.3 is 14.9 Å². The van der Waals surface area contributed by atoms with Crippen molar-refractivity contribution in [2.75, 3.05) is 13.7 Å². The first-order valence-corrected chi connectivity index (χ1v) is 6.70. The maximum Gasteiger partial charge on any atom is 0.122 e. The molecule has 102 valence electrons. The van der Waals surface area contributed by atoms with E-state index in [1.54, 1.807) is 13.4 Å². The van der Waals surface area contributed by atoms with Crippen LogP contribution < -0.4 is 10.5 Å². The van der Waals surface area contributed by atoms with E-state index < -0.39 is 0 Å². The lowest BCUT2D eigenvalue weighted by Gasteiger charge is -2.18. The summed E-state index contributed by atoms with van der Waals surface area (Å²) in [4.78, 5) is 0. The van der Waals surface area contributed by atoms with Gasteiger partial charge in [0.15, 0.2) is 0 Å². The number of methoxy groups -OCH3 is 1. The van der Waals surface area contributed by atoms with E-state index in [-0.39, 0.29) is 5.92 Å². The summed E-state index contributed by atoms with van der Waals surface area (Å²) >= 11 is 0. The van der Waals surface area contributed by atoms with Gasteiger partial charge in [-0.3, -0.25) is 0 Å². The number of hydrogen-bond donors (Lipinski definition) is 1. The summed E-state index contributed by atoms with van der Waals surface area (Å²) in [5.41, 5.74) is 8.20. The Balaban J connectivity index is 2.45. The van der Waals surface area contributed by atoms with E-state index in [0.29, 0.717) is 6.54 Å². The van der Waals surface area contributed by atoms with Gasteiger partial charge in [-0.2, -0.15) is 0 Å². The molecule has 0 bridgehead atoms. The summed E-state index contributed by atoms with van der Waals surface area (Å²) in [7, 11) is 1.70. The molecule has 0 saturated heterocycles. The van der Waals surface area contributed by atoms with Crippen molar-refractivity contribution < 1.29 is 9.15 Å². The summed E-state index contributed by atoms with van der Waals surface area (Å²) in [6.45, 7) is 2.77. The van der Waals surface area contributed by atoms with Crippen LogP contribution in [0.3, 0.4) is 0 Å². The minimum absolute atomic E-state index is 0.154. The molecule has 0 amide bonds. The van der Waals surface area contributed by atoms with Crippen LogP contribution in [0.2, 0.25) is 0 Å². The molecule has 1 heterocycles. The number of furan rings is 1. The van der Waals surface area contributed by atoms with Gasteiger partial charge >= 0.3 is 0 Å². The van der Waals surface area contributed by atoms with Crippen LogP contribution in [-0.2, 0) is 6.42 Å². The van der Waals surface area contributed by atoms with Crippen LogP contribution in [0.5, 0.6) is 5.75 Å². The lowest BCUT2D eigenvalue weighted by atomic mass is 9.90. The second-order valence-corrected chi connectivity index (χ2v) is 4.58. The van der Waals surface area contributed by atoms with Gasteiger partial charge in [-0.05, 0) is 43.1 Å². The van der Waals surface area contributed by atoms with Gasteiger partial charge in [0.25, 0.3) is 0 Å². The third kappa shape index (κ3) is 2.99. The largest absolute Gasteiger partial charge is 0.496 e. The van der Waals surface area contributed by atoms with Gasteiger partial charge in [0.05, 0.1) is 13.4 Å². The fraction of sp³-hybridized carbons (Fsp3) is 0.375. The van der Waals surface area contributed by atoms with Gasteiger partial charge in [-0.1, -0.05) is 19.1 Å². The van der Waals surface area contributed by atoms with Crippen LogP contribution in [0.25, 0.3) is 0 Å². The number of ether oxygens (including phenoxy) is 1. The van der Waals surface area contributed by atoms with Crippen LogP contribution >= 0.6 is 0 Å². The Hall–Kier alpha value is -1.74. The van der Waals surface area contributed by atoms with Crippen molar-refractivity contribution in [2.24, 2.45) is 5.73 Å². The molecule has 1 unspecified atom stereocenters. The van der Waals surface area contributed by atoms with Crippen molar-refractivity contribution in [3.05, 3.63) is 53.5 Å². The quantitative estimate of drug-likeness (QED) is 0.865. The highest BCUT2D eigenvalue weighted by atomic mass is 16.5. The minimum Gasteiger partial charge on any atom is -0.496 e. The lowest BCUT2D eigenvalue weighted by molar-refractivity contribution is 0.400. The van der Waals surface area contributed by atoms with Crippen LogP contribution in [-0.4, -0.2) is 13.7 Å². The highest BCUT2D eigenvalue weighted by molar-refractivity contribution is 5.42. The summed E-state index contributed by atoms with van der Waals surface area (Å²) in [5, 5.41) is 0. The number of nitrogens with two attached hydrogens (primary N) is 1. The van der Waals surface area contributed by atoms with E-state index in [0.717, 1.165) is 29.9 Å². The normalized spacial score (nSPS) is 12.4. The molecule has 1 aromatic carbocycles. The molecular formula is C16H21NO2. The third-order valence-electron chi connectivity index (χ3n) is 3.42. The first-order chi connectivity index (χ1) is 9.30. The lowest BCUT2D eigenvalue weighted by Crippen LogP contribution is -2.10. The zero-order valence-electron chi connectivity index (χ0n) is 11.6. The number of hydrogen-bond acceptors (Lipinski definition) is 3. The highest BCUT2D eigenvalue weighted by Gasteiger charge is 2.20. The number of aryl methyl sites for hydroxylation is 1. The van der Waals surface area contributed by atoms with Gasteiger partial charge in [-0.25, -0.2) is 0 Å². The molecular weight excluding hydrogens is 238 g/mol. The van der Waals surface area contributed by atoms with Crippen molar-refractivity contribution in [3.63, 3.8) is 0 Å². The maximum atomic E-state index is 5.75. The minimum atomic E-state index is 0.154. The topological polar surface area (TPSA) is 48.4 Å². The van der Waals surface area contributed by atoms with Crippen LogP contribution in [0.1, 0.15) is 36.1 Å². The average molecular weight is 259 g/mol. The molecule has 0 aliphatic heterocycles. The predicted octanol–water partition coefficient (Wildman–Crippen LogP) is 3.33. The molecule has 1 aromatic heterocycles. The zero-order chi connectivity index (χ0) is 13.7. The molecule has 3 heteroatoms. The number of rotatable bonds is 6. The average Bonchev–Trinajstić information content (AvgIpc) is 2.98. The Morgan fingerprint density at radius 3 is 2.74 bits per heavy atom. The molecule has 0 radical (unpaired) electrons. The Bertz CT molecular complexity index is 505. The SMILES string of the molecule is CCc1ccc(OC)c(C(CCN)c2ccco2)c1. The Morgan fingerprint density at radius 2 is 2.16 bits per heavy atom. The maximum absolute atomic E-state index is 5.75. The molecule has 0 aliphatic carbocycles. The monoisotopic (exact) mass is 259 g/mol. The molecule has 2 N–H and O–H groups in total. The van der Waals surface area contributed by atoms with E-state index in [2.05, 4.69) is 19.1 Å². The second-order valence-electron chi connectivity index (χ2n) is 4.58. The summed E-state index contributed by atoms with van der Waals surface area (Å²) < 4.78 is 11.1. The summed E-state index contributed by atoms with van der Waals surface area (Å²) in [5.74, 6) is 1.99. The molecule has 0 fully saturated rings. The molecule has 2 rings (SSSR count). The molecule has 0 spiro atoms. The summed E-state index contributed by atoms with van der Waals surface area (Å²) in [6, 6.07) is 10.2. The van der Waals surface area contributed by atoms with Gasteiger partial charge in [0, 0.05) is 11.5 Å². The van der Waals surface area contributed by atoms with E-state index in [1.807, 2.05) is 18.2 Å². The van der Waals surface area contributed by atoms with E-state index >= 15 is 0 Å². The third-order valence-corrected chi connectivity index (χ3v) is 3.42. The van der Waals surface area contributed by atoms with E-state index in [1.165, 1.54) is 5.56 Å². The molecule has 0 saturated carbocycles. The molecule has 3 nitrogen and oxygen atoms in total. The van der Waals surface area contributed by atoms with Gasteiger partial charge in [0.2, 0.25) is 0 Å². The van der Waals surface area contributed by atoms with E-state index in [4.69, 9.17) is 14.9 Å². The highest BCUT2D eigenvalue weighted by Crippen LogP contribution is 2.35. The van der Waals surface area contributed by atoms with Crippen molar-refractivity contribution in [3.8, 4) is 5.75 Å².